The molecule has 2 aromatic carbocycles. The van der Waals surface area contributed by atoms with E-state index >= 15 is 0 Å². The average Bonchev–Trinajstić information content (AvgIpc) is 1.58. The average molecular weight is 1290 g/mol. The highest BCUT2D eigenvalue weighted by Crippen LogP contribution is 2.44. The van der Waals surface area contributed by atoms with Gasteiger partial charge in [-0.1, -0.05) is 40.3 Å². The van der Waals surface area contributed by atoms with Gasteiger partial charge in [-0.25, -0.2) is 19.2 Å². The topological polar surface area (TPSA) is 476 Å². The van der Waals surface area contributed by atoms with Crippen molar-refractivity contribution in [2.75, 3.05) is 30.5 Å². The molecule has 2 aromatic heterocycles. The molecule has 0 spiro atoms. The SMILES string of the molecule is C.CCC1O[C@@H](Oc2ccc(COC(=O)Nc3ccn([C@@H]4O[C@H](CO)[C@H](O)C4(F)F)c(=O)n3)cc2[N+](=O)[O-])C(OC(C)=O)[C@@H](C)[C@H]1C.O=C(Nc1ccn([C@@H]2O[C@H](CO)[C@H](O)C2(F)F)c(=O)n1)OCc1ccc(O[C@@H]2OC(CO)[C@H](O)[C@H](O)C2O)c([N+](=O)[O-])c1. The molecule has 0 saturated carbocycles. The third kappa shape index (κ3) is 15.7. The van der Waals surface area contributed by atoms with Gasteiger partial charge in [0, 0.05) is 37.4 Å². The van der Waals surface area contributed by atoms with Gasteiger partial charge in [0.25, 0.3) is 0 Å². The molecule has 496 valence electrons. The molecule has 90 heavy (non-hydrogen) atoms. The van der Waals surface area contributed by atoms with Gasteiger partial charge in [0.2, 0.25) is 25.0 Å². The smallest absolute Gasteiger partial charge is 0.413 e. The Morgan fingerprint density at radius 3 is 1.43 bits per heavy atom. The van der Waals surface area contributed by atoms with Crippen molar-refractivity contribution in [2.24, 2.45) is 11.8 Å². The van der Waals surface area contributed by atoms with E-state index in [1.165, 1.54) is 25.1 Å². The number of ether oxygens (including phenoxy) is 9. The zero-order valence-electron chi connectivity index (χ0n) is 46.9. The maximum absolute atomic E-state index is 14.4. The van der Waals surface area contributed by atoms with Crippen molar-refractivity contribution >= 4 is 41.2 Å². The number of amides is 2. The first kappa shape index (κ1) is 70.9. The van der Waals surface area contributed by atoms with Crippen molar-refractivity contribution in [3.05, 3.63) is 113 Å². The molecule has 4 aromatic rings. The number of anilines is 2. The molecule has 4 unspecified atom stereocenters. The van der Waals surface area contributed by atoms with Gasteiger partial charge < -0.3 is 83.5 Å². The highest BCUT2D eigenvalue weighted by molar-refractivity contribution is 5.83. The number of carbonyl (C=O) groups excluding carboxylic acids is 3. The highest BCUT2D eigenvalue weighted by atomic mass is 19.3. The van der Waals surface area contributed by atoms with Crippen LogP contribution >= 0.6 is 0 Å². The van der Waals surface area contributed by atoms with Crippen molar-refractivity contribution in [2.45, 2.75) is 153 Å². The van der Waals surface area contributed by atoms with Gasteiger partial charge in [-0.15, -0.1) is 0 Å². The van der Waals surface area contributed by atoms with Crippen LogP contribution in [0.15, 0.2) is 70.5 Å². The summed E-state index contributed by atoms with van der Waals surface area (Å²) in [6.07, 6.45) is -23.1. The van der Waals surface area contributed by atoms with Crippen LogP contribution in [0.2, 0.25) is 0 Å². The number of benzene rings is 2. The molecule has 34 nitrogen and oxygen atoms in total. The molecular weight excluding hydrogens is 1230 g/mol. The Hall–Kier alpha value is -8.15. The quantitative estimate of drug-likeness (QED) is 0.0207. The van der Waals surface area contributed by atoms with Gasteiger partial charge in [0.15, 0.2) is 29.8 Å². The Morgan fingerprint density at radius 2 is 1.06 bits per heavy atom. The van der Waals surface area contributed by atoms with Crippen molar-refractivity contribution in [3.8, 4) is 11.5 Å². The molecule has 2 amide bonds. The summed E-state index contributed by atoms with van der Waals surface area (Å²) in [5.41, 5.74) is -3.43. The third-order valence-electron chi connectivity index (χ3n) is 14.5. The summed E-state index contributed by atoms with van der Waals surface area (Å²) in [5, 5.41) is 104. The second-order valence-electron chi connectivity index (χ2n) is 20.4. The van der Waals surface area contributed by atoms with Gasteiger partial charge in [-0.3, -0.25) is 44.8 Å². The van der Waals surface area contributed by atoms with E-state index in [-0.39, 0.29) is 48.1 Å². The molecule has 4 saturated heterocycles. The highest BCUT2D eigenvalue weighted by Gasteiger charge is 2.61. The zero-order valence-corrected chi connectivity index (χ0v) is 46.9. The monoisotopic (exact) mass is 1290 g/mol. The first-order valence-corrected chi connectivity index (χ1v) is 26.7. The summed E-state index contributed by atoms with van der Waals surface area (Å²) < 4.78 is 106. The number of carbonyl (C=O) groups is 3. The van der Waals surface area contributed by atoms with Crippen molar-refractivity contribution in [1.29, 1.82) is 0 Å². The van der Waals surface area contributed by atoms with E-state index in [9.17, 15) is 92.4 Å². The minimum Gasteiger partial charge on any atom is -0.456 e. The summed E-state index contributed by atoms with van der Waals surface area (Å²) >= 11 is 0. The number of hydrogen-bond acceptors (Lipinski definition) is 28. The fraction of sp³-hybridized carbons (Fsp3) is 0.558. The Labute approximate surface area is 504 Å². The van der Waals surface area contributed by atoms with Crippen molar-refractivity contribution in [3.63, 3.8) is 0 Å². The molecular formula is C52H64F4N8O26. The van der Waals surface area contributed by atoms with E-state index in [2.05, 4.69) is 20.6 Å². The first-order valence-electron chi connectivity index (χ1n) is 26.7. The molecule has 38 heteroatoms. The van der Waals surface area contributed by atoms with Crippen LogP contribution < -0.4 is 31.5 Å². The van der Waals surface area contributed by atoms with Crippen LogP contribution in [0, 0.1) is 32.1 Å². The maximum Gasteiger partial charge on any atom is 0.413 e. The van der Waals surface area contributed by atoms with Crippen LogP contribution in [-0.4, -0.2) is 193 Å². The molecule has 6 heterocycles. The molecule has 0 aliphatic carbocycles. The number of aliphatic hydroxyl groups is 8. The molecule has 4 fully saturated rings. The van der Waals surface area contributed by atoms with Gasteiger partial charge >= 0.3 is 52.8 Å². The lowest BCUT2D eigenvalue weighted by Crippen LogP contribution is -2.60. The van der Waals surface area contributed by atoms with E-state index in [1.807, 2.05) is 20.8 Å². The number of nitro benzene ring substituents is 2. The summed E-state index contributed by atoms with van der Waals surface area (Å²) in [7, 11) is 0. The molecule has 10 N–H and O–H groups in total. The molecule has 4 aliphatic rings. The fourth-order valence-electron chi connectivity index (χ4n) is 9.52. The summed E-state index contributed by atoms with van der Waals surface area (Å²) in [4.78, 5) is 89.9. The second-order valence-corrected chi connectivity index (χ2v) is 20.4. The lowest BCUT2D eigenvalue weighted by molar-refractivity contribution is -0.387. The fourth-order valence-corrected chi connectivity index (χ4v) is 9.52. The number of alkyl halides is 4. The van der Waals surface area contributed by atoms with E-state index < -0.39 is 187 Å². The van der Waals surface area contributed by atoms with Crippen molar-refractivity contribution in [1.82, 2.24) is 19.1 Å². The van der Waals surface area contributed by atoms with Crippen LogP contribution in [0.1, 0.15) is 65.1 Å². The Kier molecular flexibility index (Phi) is 23.4. The Bertz CT molecular complexity index is 3330. The number of hydrogen-bond donors (Lipinski definition) is 10. The molecule has 0 bridgehead atoms. The van der Waals surface area contributed by atoms with E-state index in [0.717, 1.165) is 42.7 Å². The summed E-state index contributed by atoms with van der Waals surface area (Å²) in [6.45, 7) is 3.38. The van der Waals surface area contributed by atoms with Crippen LogP contribution in [0.3, 0.4) is 0 Å². The number of aliphatic hydroxyl groups excluding tert-OH is 8. The predicted octanol–water partition coefficient (Wildman–Crippen LogP) is 1.10. The largest absolute Gasteiger partial charge is 0.456 e. The predicted molar refractivity (Wildman–Crippen MR) is 289 cm³/mol. The number of nitrogens with zero attached hydrogens (tertiary/aromatic N) is 6. The lowest BCUT2D eigenvalue weighted by atomic mass is 9.82. The minimum absolute atomic E-state index is 0. The van der Waals surface area contributed by atoms with Gasteiger partial charge in [-0.2, -0.15) is 27.5 Å². The number of nitro groups is 2. The number of rotatable bonds is 19. The van der Waals surface area contributed by atoms with E-state index in [4.69, 9.17) is 52.8 Å². The van der Waals surface area contributed by atoms with Crippen LogP contribution in [0.5, 0.6) is 11.5 Å². The molecule has 0 radical (unpaired) electrons. The number of halogens is 4. The van der Waals surface area contributed by atoms with Gasteiger partial charge in [0.05, 0.1) is 35.8 Å². The standard InChI is InChI=1S/C28H34F2N4O12.C23H26F2N4O14.CH4/c1-5-18-13(2)14(3)22(43-15(4)36)24(44-18)45-19-7-6-16(10-17(19)34(40)41)12-42-27(39)32-21-8-9-33(26(38)31-21)25-28(29,30)23(37)20(11-35)46-25;24-23(25)18(35)13(7-31)43-20(23)28-4-3-14(26-21(28)36)27-22(37)40-8-9-1-2-11(10(5-9)29(38)39)41-19-17(34)16(33)15(32)12(6-30)42-19;/h6-10,13-14,18,20,22-25,35,37H,5,11-12H2,1-4H3,(H,31,32,38,39);1-5,12-13,15-20,30-35H,6-8H2,(H,26,27,36,37);1H4/t13-,14+,18?,20-,22?,23+,24+,25-;12?,13-,15+,16+,17?,18+,19-,20-;/m11./s1. The normalized spacial score (nSPS) is 29.0. The molecule has 4 aliphatic heterocycles. The van der Waals surface area contributed by atoms with E-state index in [0.29, 0.717) is 15.6 Å². The van der Waals surface area contributed by atoms with Crippen LogP contribution in [-0.2, 0) is 51.2 Å². The van der Waals surface area contributed by atoms with Gasteiger partial charge in [0.1, 0.15) is 61.5 Å². The van der Waals surface area contributed by atoms with Gasteiger partial charge in [-0.05, 0) is 47.7 Å². The van der Waals surface area contributed by atoms with E-state index in [1.54, 1.807) is 0 Å². The maximum atomic E-state index is 14.4. The summed E-state index contributed by atoms with van der Waals surface area (Å²) in [6, 6.07) is 9.04. The Balaban J connectivity index is 0.000000284. The zero-order chi connectivity index (χ0) is 65.6. The third-order valence-corrected chi connectivity index (χ3v) is 14.5. The number of aromatic nitrogens is 4. The van der Waals surface area contributed by atoms with Crippen molar-refractivity contribution < 1.29 is 125 Å². The summed E-state index contributed by atoms with van der Waals surface area (Å²) in [5.74, 6) is -9.97. The first-order chi connectivity index (χ1) is 41.9. The second kappa shape index (κ2) is 29.7. The van der Waals surface area contributed by atoms with Crippen LogP contribution in [0.25, 0.3) is 0 Å². The lowest BCUT2D eigenvalue weighted by Gasteiger charge is -2.43. The Morgan fingerprint density at radius 1 is 0.633 bits per heavy atom. The van der Waals surface area contributed by atoms with Crippen LogP contribution in [0.4, 0.5) is 50.2 Å². The minimum atomic E-state index is -3.94. The number of nitrogens with one attached hydrogen (secondary N) is 2. The molecule has 8 rings (SSSR count). The molecule has 16 atom stereocenters. The number of esters is 1.